The van der Waals surface area contributed by atoms with Crippen LogP contribution >= 0.6 is 0 Å². The minimum atomic E-state index is -5.92. The van der Waals surface area contributed by atoms with Crippen LogP contribution in [-0.2, 0) is 0 Å². The molecular weight excluding hydrogens is 440 g/mol. The molecule has 0 radical (unpaired) electrons. The molecule has 0 rings (SSSR count). The van der Waals surface area contributed by atoms with Crippen LogP contribution in [0.4, 0.5) is 52.7 Å². The van der Waals surface area contributed by atoms with Crippen molar-refractivity contribution in [1.82, 2.24) is 0 Å². The van der Waals surface area contributed by atoms with Crippen molar-refractivity contribution < 1.29 is 62.9 Å². The number of hydrogen-bond acceptors (Lipinski definition) is 2. The molecule has 0 heterocycles. The summed E-state index contributed by atoms with van der Waals surface area (Å²) in [6, 6.07) is 0. The summed E-state index contributed by atoms with van der Waals surface area (Å²) < 4.78 is 149. The second kappa shape index (κ2) is 9.48. The number of rotatable bonds is 10. The van der Waals surface area contributed by atoms with Crippen LogP contribution in [0.15, 0.2) is 0 Å². The van der Waals surface area contributed by atoms with E-state index in [1.54, 1.807) is 0 Å². The molecule has 0 aromatic heterocycles. The van der Waals surface area contributed by atoms with Gasteiger partial charge >= 0.3 is 24.7 Å². The fourth-order valence-corrected chi connectivity index (χ4v) is 2.53. The molecule has 0 amide bonds. The predicted molar refractivity (Wildman–Crippen MR) is 75.7 cm³/mol. The maximum Gasteiger partial charge on any atom is 0.426 e. The van der Waals surface area contributed by atoms with Gasteiger partial charge in [-0.3, -0.25) is 0 Å². The Kier molecular flexibility index (Phi) is 9.18. The lowest BCUT2D eigenvalue weighted by molar-refractivity contribution is -0.370. The SMILES string of the molecule is OC(CCCCCCCCCC(O)(C(F)(F)F)C(F)(F)F)(C(F)(F)F)C(F)(F)F. The summed E-state index contributed by atoms with van der Waals surface area (Å²) in [4.78, 5) is 0. The Morgan fingerprint density at radius 1 is 0.345 bits per heavy atom. The molecule has 0 atom stereocenters. The van der Waals surface area contributed by atoms with Crippen molar-refractivity contribution in [1.29, 1.82) is 0 Å². The molecule has 0 unspecified atom stereocenters. The number of hydrogen-bond donors (Lipinski definition) is 2. The molecule has 29 heavy (non-hydrogen) atoms. The molecule has 0 fully saturated rings. The van der Waals surface area contributed by atoms with Crippen LogP contribution in [0.2, 0.25) is 0 Å². The van der Waals surface area contributed by atoms with Gasteiger partial charge in [0.2, 0.25) is 0 Å². The third-order valence-electron chi connectivity index (χ3n) is 4.45. The Labute approximate surface area is 157 Å². The largest absolute Gasteiger partial charge is 0.426 e. The van der Waals surface area contributed by atoms with Crippen LogP contribution in [0, 0.1) is 0 Å². The molecule has 0 aromatic rings. The summed E-state index contributed by atoms with van der Waals surface area (Å²) in [6.45, 7) is 0. The highest BCUT2D eigenvalue weighted by molar-refractivity contribution is 4.94. The predicted octanol–water partition coefficient (Wildman–Crippen LogP) is 6.21. The van der Waals surface area contributed by atoms with Gasteiger partial charge in [-0.1, -0.05) is 32.1 Å². The van der Waals surface area contributed by atoms with Crippen molar-refractivity contribution in [3.8, 4) is 0 Å². The monoisotopic (exact) mass is 460 g/mol. The Balaban J connectivity index is 4.28. The third kappa shape index (κ3) is 7.07. The zero-order valence-electron chi connectivity index (χ0n) is 14.8. The highest BCUT2D eigenvalue weighted by atomic mass is 19.4. The second-order valence-corrected chi connectivity index (χ2v) is 6.69. The van der Waals surface area contributed by atoms with Crippen LogP contribution in [0.5, 0.6) is 0 Å². The maximum atomic E-state index is 12.4. The zero-order chi connectivity index (χ0) is 23.4. The molecular formula is C15H20F12O2. The Hall–Kier alpha value is -0.920. The van der Waals surface area contributed by atoms with E-state index in [0.29, 0.717) is 0 Å². The number of halogens is 12. The van der Waals surface area contributed by atoms with Crippen molar-refractivity contribution in [2.45, 2.75) is 93.7 Å². The zero-order valence-corrected chi connectivity index (χ0v) is 14.8. The van der Waals surface area contributed by atoms with E-state index in [-0.39, 0.29) is 32.1 Å². The molecule has 0 spiro atoms. The van der Waals surface area contributed by atoms with Gasteiger partial charge in [0.25, 0.3) is 11.2 Å². The van der Waals surface area contributed by atoms with E-state index < -0.39 is 61.6 Å². The minimum Gasteiger partial charge on any atom is -0.374 e. The fraction of sp³-hybridized carbons (Fsp3) is 1.00. The number of unbranched alkanes of at least 4 members (excludes halogenated alkanes) is 6. The first-order valence-electron chi connectivity index (χ1n) is 8.42. The van der Waals surface area contributed by atoms with Crippen molar-refractivity contribution in [2.24, 2.45) is 0 Å². The van der Waals surface area contributed by atoms with Crippen LogP contribution in [0.25, 0.3) is 0 Å². The first-order valence-corrected chi connectivity index (χ1v) is 8.42. The first kappa shape index (κ1) is 28.1. The van der Waals surface area contributed by atoms with Crippen LogP contribution in [-0.4, -0.2) is 46.1 Å². The smallest absolute Gasteiger partial charge is 0.374 e. The van der Waals surface area contributed by atoms with Gasteiger partial charge in [0.15, 0.2) is 0 Å². The van der Waals surface area contributed by atoms with E-state index in [9.17, 15) is 52.7 Å². The standard InChI is InChI=1S/C15H20F12O2/c16-12(17,18)10(28,13(19,20)21)8-6-4-2-1-3-5-7-9-11(29,14(22,23)24)15(25,26)27/h28-29H,1-9H2. The second-order valence-electron chi connectivity index (χ2n) is 6.69. The van der Waals surface area contributed by atoms with E-state index in [1.165, 1.54) is 0 Å². The van der Waals surface area contributed by atoms with Crippen LogP contribution in [0.1, 0.15) is 57.8 Å². The van der Waals surface area contributed by atoms with Gasteiger partial charge in [-0.2, -0.15) is 52.7 Å². The quantitative estimate of drug-likeness (QED) is 0.301. The molecule has 0 aliphatic heterocycles. The molecule has 14 heteroatoms. The van der Waals surface area contributed by atoms with E-state index in [4.69, 9.17) is 10.2 Å². The van der Waals surface area contributed by atoms with Crippen molar-refractivity contribution in [2.75, 3.05) is 0 Å². The molecule has 0 aliphatic rings. The Morgan fingerprint density at radius 3 is 0.690 bits per heavy atom. The molecule has 0 saturated heterocycles. The van der Waals surface area contributed by atoms with Gasteiger partial charge in [0, 0.05) is 0 Å². The van der Waals surface area contributed by atoms with Gasteiger partial charge in [-0.25, -0.2) is 0 Å². The molecule has 0 aromatic carbocycles. The van der Waals surface area contributed by atoms with Gasteiger partial charge in [0.1, 0.15) is 0 Å². The lowest BCUT2D eigenvalue weighted by atomic mass is 9.93. The first-order chi connectivity index (χ1) is 12.7. The van der Waals surface area contributed by atoms with Gasteiger partial charge in [-0.15, -0.1) is 0 Å². The summed E-state index contributed by atoms with van der Waals surface area (Å²) >= 11 is 0. The lowest BCUT2D eigenvalue weighted by Crippen LogP contribution is -2.56. The lowest BCUT2D eigenvalue weighted by Gasteiger charge is -2.32. The highest BCUT2D eigenvalue weighted by Gasteiger charge is 2.70. The maximum absolute atomic E-state index is 12.4. The Morgan fingerprint density at radius 2 is 0.517 bits per heavy atom. The van der Waals surface area contributed by atoms with Crippen LogP contribution in [0.3, 0.4) is 0 Å². The molecule has 0 saturated carbocycles. The van der Waals surface area contributed by atoms with Crippen molar-refractivity contribution in [3.63, 3.8) is 0 Å². The van der Waals surface area contributed by atoms with Gasteiger partial charge in [-0.05, 0) is 25.7 Å². The van der Waals surface area contributed by atoms with Crippen molar-refractivity contribution >= 4 is 0 Å². The van der Waals surface area contributed by atoms with Crippen LogP contribution < -0.4 is 0 Å². The molecule has 2 nitrogen and oxygen atoms in total. The topological polar surface area (TPSA) is 40.5 Å². The summed E-state index contributed by atoms with van der Waals surface area (Å²) in [5.41, 5.74) is -9.70. The number of aliphatic hydroxyl groups is 2. The molecule has 176 valence electrons. The minimum absolute atomic E-state index is 0.0641. The van der Waals surface area contributed by atoms with E-state index in [0.717, 1.165) is 0 Å². The average molecular weight is 460 g/mol. The van der Waals surface area contributed by atoms with E-state index >= 15 is 0 Å². The summed E-state index contributed by atoms with van der Waals surface area (Å²) in [7, 11) is 0. The van der Waals surface area contributed by atoms with Gasteiger partial charge < -0.3 is 10.2 Å². The normalized spacial score (nSPS) is 15.1. The molecule has 0 bridgehead atoms. The molecule has 2 N–H and O–H groups in total. The van der Waals surface area contributed by atoms with Crippen molar-refractivity contribution in [3.05, 3.63) is 0 Å². The van der Waals surface area contributed by atoms with Gasteiger partial charge in [0.05, 0.1) is 0 Å². The molecule has 0 aliphatic carbocycles. The fourth-order valence-electron chi connectivity index (χ4n) is 2.53. The van der Waals surface area contributed by atoms with E-state index in [1.807, 2.05) is 0 Å². The summed E-state index contributed by atoms with van der Waals surface area (Å²) in [6.07, 6.45) is -28.3. The highest BCUT2D eigenvalue weighted by Crippen LogP contribution is 2.47. The number of alkyl halides is 12. The van der Waals surface area contributed by atoms with E-state index in [2.05, 4.69) is 0 Å². The summed E-state index contributed by atoms with van der Waals surface area (Å²) in [5, 5.41) is 17.8. The third-order valence-corrected chi connectivity index (χ3v) is 4.45. The Bertz CT molecular complexity index is 417. The average Bonchev–Trinajstić information content (AvgIpc) is 2.48. The summed E-state index contributed by atoms with van der Waals surface area (Å²) in [5.74, 6) is 0.